The summed E-state index contributed by atoms with van der Waals surface area (Å²) in [6.45, 7) is 0.285. The first-order chi connectivity index (χ1) is 10.1. The van der Waals surface area contributed by atoms with Crippen molar-refractivity contribution in [2.75, 3.05) is 34.4 Å². The first-order valence-electron chi connectivity index (χ1n) is 7.27. The van der Waals surface area contributed by atoms with Gasteiger partial charge in [-0.05, 0) is 37.6 Å². The lowest BCUT2D eigenvalue weighted by Gasteiger charge is -2.28. The molecule has 5 heteroatoms. The highest BCUT2D eigenvalue weighted by Crippen LogP contribution is 2.26. The lowest BCUT2D eigenvalue weighted by atomic mass is 10.1. The van der Waals surface area contributed by atoms with Gasteiger partial charge in [0.05, 0.1) is 26.3 Å². The van der Waals surface area contributed by atoms with Crippen LogP contribution in [-0.4, -0.2) is 61.2 Å². The van der Waals surface area contributed by atoms with Crippen LogP contribution in [0.3, 0.4) is 0 Å². The van der Waals surface area contributed by atoms with Crippen LogP contribution in [0.5, 0.6) is 5.75 Å². The van der Waals surface area contributed by atoms with Crippen molar-refractivity contribution in [2.45, 2.75) is 24.9 Å². The molecule has 0 aromatic heterocycles. The van der Waals surface area contributed by atoms with Crippen molar-refractivity contribution in [3.05, 3.63) is 29.8 Å². The molecule has 1 N–H and O–H groups in total. The number of carbonyl (C=O) groups excluding carboxylic acids is 1. The maximum Gasteiger partial charge on any atom is 0.236 e. The second-order valence-corrected chi connectivity index (χ2v) is 5.62. The van der Waals surface area contributed by atoms with E-state index in [9.17, 15) is 9.90 Å². The average Bonchev–Trinajstić information content (AvgIpc) is 3.32. The number of benzene rings is 1. The van der Waals surface area contributed by atoms with Crippen LogP contribution in [0.4, 0.5) is 0 Å². The molecule has 1 aliphatic carbocycles. The highest BCUT2D eigenvalue weighted by atomic mass is 16.5. The van der Waals surface area contributed by atoms with Crippen molar-refractivity contribution in [3.8, 4) is 5.75 Å². The molecule has 1 aromatic carbocycles. The highest BCUT2D eigenvalue weighted by molar-refractivity contribution is 5.78. The van der Waals surface area contributed by atoms with Gasteiger partial charge in [0.25, 0.3) is 0 Å². The number of hydrogen-bond acceptors (Lipinski definition) is 4. The van der Waals surface area contributed by atoms with Crippen LogP contribution in [0.15, 0.2) is 24.3 Å². The van der Waals surface area contributed by atoms with Gasteiger partial charge in [-0.2, -0.15) is 0 Å². The van der Waals surface area contributed by atoms with E-state index < -0.39 is 0 Å². The summed E-state index contributed by atoms with van der Waals surface area (Å²) in [6, 6.07) is 7.80. The molecule has 0 radical (unpaired) electrons. The van der Waals surface area contributed by atoms with E-state index in [1.165, 1.54) is 0 Å². The largest absolute Gasteiger partial charge is 0.497 e. The molecule has 0 heterocycles. The maximum atomic E-state index is 12.2. The topological polar surface area (TPSA) is 53.0 Å². The Labute approximate surface area is 126 Å². The normalized spacial score (nSPS) is 15.9. The zero-order valence-electron chi connectivity index (χ0n) is 13.0. The van der Waals surface area contributed by atoms with Crippen LogP contribution < -0.4 is 4.74 Å². The molecule has 0 bridgehead atoms. The Morgan fingerprint density at radius 3 is 2.43 bits per heavy atom. The van der Waals surface area contributed by atoms with Crippen LogP contribution >= 0.6 is 0 Å². The Bertz CT molecular complexity index is 471. The second kappa shape index (κ2) is 6.91. The lowest BCUT2D eigenvalue weighted by Crippen LogP contribution is -2.40. The Kier molecular flexibility index (Phi) is 5.20. The van der Waals surface area contributed by atoms with Gasteiger partial charge in [-0.25, -0.2) is 0 Å². The molecule has 1 aliphatic rings. The lowest BCUT2D eigenvalue weighted by molar-refractivity contribution is -0.132. The van der Waals surface area contributed by atoms with E-state index in [2.05, 4.69) is 0 Å². The molecule has 116 valence electrons. The number of ether oxygens (including phenoxy) is 1. The van der Waals surface area contributed by atoms with Crippen molar-refractivity contribution in [3.63, 3.8) is 0 Å². The van der Waals surface area contributed by atoms with Crippen molar-refractivity contribution >= 4 is 5.91 Å². The summed E-state index contributed by atoms with van der Waals surface area (Å²) in [5.41, 5.74) is 0.975. The Hall–Kier alpha value is -1.59. The number of amides is 1. The third kappa shape index (κ3) is 3.95. The Morgan fingerprint density at radius 2 is 1.95 bits per heavy atom. The first-order valence-corrected chi connectivity index (χ1v) is 7.27. The summed E-state index contributed by atoms with van der Waals surface area (Å²) in [7, 11) is 5.34. The third-order valence-electron chi connectivity index (χ3n) is 4.08. The predicted molar refractivity (Wildman–Crippen MR) is 81.2 cm³/mol. The molecular formula is C16H24N2O3. The molecule has 21 heavy (non-hydrogen) atoms. The third-order valence-corrected chi connectivity index (χ3v) is 4.08. The predicted octanol–water partition coefficient (Wildman–Crippen LogP) is 1.28. The van der Waals surface area contributed by atoms with Crippen LogP contribution in [-0.2, 0) is 4.79 Å². The summed E-state index contributed by atoms with van der Waals surface area (Å²) in [5.74, 6) is 0.884. The van der Waals surface area contributed by atoms with Crippen molar-refractivity contribution < 1.29 is 14.6 Å². The molecule has 1 fully saturated rings. The second-order valence-electron chi connectivity index (χ2n) is 5.62. The molecule has 2 rings (SSSR count). The SMILES string of the molecule is COc1ccc(C(CO)N(C)CC(=O)N(C)C2CC2)cc1. The zero-order chi connectivity index (χ0) is 15.4. The summed E-state index contributed by atoms with van der Waals surface area (Å²) >= 11 is 0. The minimum absolute atomic E-state index is 0.0246. The van der Waals surface area contributed by atoms with Crippen molar-refractivity contribution in [1.82, 2.24) is 9.80 Å². The quantitative estimate of drug-likeness (QED) is 0.822. The van der Waals surface area contributed by atoms with E-state index in [1.807, 2.05) is 48.2 Å². The van der Waals surface area contributed by atoms with Gasteiger partial charge in [0.2, 0.25) is 5.91 Å². The van der Waals surface area contributed by atoms with Gasteiger partial charge in [-0.3, -0.25) is 9.69 Å². The van der Waals surface area contributed by atoms with Gasteiger partial charge in [-0.1, -0.05) is 12.1 Å². The van der Waals surface area contributed by atoms with Gasteiger partial charge >= 0.3 is 0 Å². The number of carbonyl (C=O) groups is 1. The van der Waals surface area contributed by atoms with Gasteiger partial charge in [0, 0.05) is 13.1 Å². The van der Waals surface area contributed by atoms with Gasteiger partial charge in [0.15, 0.2) is 0 Å². The zero-order valence-corrected chi connectivity index (χ0v) is 13.0. The van der Waals surface area contributed by atoms with Gasteiger partial charge in [0.1, 0.15) is 5.75 Å². The average molecular weight is 292 g/mol. The van der Waals surface area contributed by atoms with Crippen LogP contribution in [0, 0.1) is 0 Å². The molecular weight excluding hydrogens is 268 g/mol. The van der Waals surface area contributed by atoms with E-state index in [-0.39, 0.29) is 18.6 Å². The minimum Gasteiger partial charge on any atom is -0.497 e. The van der Waals surface area contributed by atoms with Gasteiger partial charge < -0.3 is 14.7 Å². The van der Waals surface area contributed by atoms with Crippen LogP contribution in [0.25, 0.3) is 0 Å². The fraction of sp³-hybridized carbons (Fsp3) is 0.562. The van der Waals surface area contributed by atoms with Crippen molar-refractivity contribution in [1.29, 1.82) is 0 Å². The summed E-state index contributed by atoms with van der Waals surface area (Å²) < 4.78 is 5.14. The van der Waals surface area contributed by atoms with Gasteiger partial charge in [-0.15, -0.1) is 0 Å². The van der Waals surface area contributed by atoms with E-state index in [0.717, 1.165) is 24.2 Å². The summed E-state index contributed by atoms with van der Waals surface area (Å²) in [4.78, 5) is 15.9. The van der Waals surface area contributed by atoms with E-state index in [4.69, 9.17) is 4.74 Å². The summed E-state index contributed by atoms with van der Waals surface area (Å²) in [5, 5.41) is 9.65. The molecule has 0 aliphatic heterocycles. The minimum atomic E-state index is -0.188. The molecule has 1 saturated carbocycles. The summed E-state index contributed by atoms with van der Waals surface area (Å²) in [6.07, 6.45) is 2.21. The Morgan fingerprint density at radius 1 is 1.33 bits per heavy atom. The number of hydrogen-bond donors (Lipinski definition) is 1. The van der Waals surface area contributed by atoms with Crippen LogP contribution in [0.1, 0.15) is 24.4 Å². The Balaban J connectivity index is 1.99. The van der Waals surface area contributed by atoms with Crippen molar-refractivity contribution in [2.24, 2.45) is 0 Å². The van der Waals surface area contributed by atoms with Crippen LogP contribution in [0.2, 0.25) is 0 Å². The number of likely N-dealkylation sites (N-methyl/N-ethyl adjacent to an activating group) is 2. The number of aliphatic hydroxyl groups excluding tert-OH is 1. The van der Waals surface area contributed by atoms with E-state index in [1.54, 1.807) is 7.11 Å². The molecule has 5 nitrogen and oxygen atoms in total. The number of nitrogens with zero attached hydrogens (tertiary/aromatic N) is 2. The van der Waals surface area contributed by atoms with E-state index in [0.29, 0.717) is 12.6 Å². The first kappa shape index (κ1) is 15.8. The number of rotatable bonds is 7. The molecule has 1 unspecified atom stereocenters. The molecule has 1 atom stereocenters. The highest BCUT2D eigenvalue weighted by Gasteiger charge is 2.30. The van der Waals surface area contributed by atoms with E-state index >= 15 is 0 Å². The molecule has 0 spiro atoms. The monoisotopic (exact) mass is 292 g/mol. The fourth-order valence-electron chi connectivity index (χ4n) is 2.43. The molecule has 1 aromatic rings. The smallest absolute Gasteiger partial charge is 0.236 e. The number of methoxy groups -OCH3 is 1. The standard InChI is InChI=1S/C16H24N2O3/c1-17(10-16(20)18(2)13-6-7-13)15(11-19)12-4-8-14(21-3)9-5-12/h4-5,8-9,13,15,19H,6-7,10-11H2,1-3H3. The fourth-order valence-corrected chi connectivity index (χ4v) is 2.43. The maximum absolute atomic E-state index is 12.2. The molecule has 1 amide bonds. The number of aliphatic hydroxyl groups is 1. The molecule has 0 saturated heterocycles.